The Morgan fingerprint density at radius 3 is 2.89 bits per heavy atom. The molecule has 1 heterocycles. The maximum absolute atomic E-state index is 5.75. The van der Waals surface area contributed by atoms with Crippen LogP contribution in [-0.2, 0) is 6.54 Å². The summed E-state index contributed by atoms with van der Waals surface area (Å²) in [5.41, 5.74) is 1.05. The molecule has 1 N–H and O–H groups in total. The van der Waals surface area contributed by atoms with Crippen LogP contribution in [0.2, 0.25) is 0 Å². The van der Waals surface area contributed by atoms with E-state index in [0.29, 0.717) is 12.6 Å². The first-order valence-corrected chi connectivity index (χ1v) is 6.48. The molecule has 100 valence electrons. The highest BCUT2D eigenvalue weighted by Gasteiger charge is 2.21. The summed E-state index contributed by atoms with van der Waals surface area (Å²) < 4.78 is 5.75. The van der Waals surface area contributed by atoms with Crippen LogP contribution in [0.15, 0.2) is 6.20 Å². The Balaban J connectivity index is 1.93. The highest BCUT2D eigenvalue weighted by Crippen LogP contribution is 2.21. The van der Waals surface area contributed by atoms with Gasteiger partial charge in [0.05, 0.1) is 0 Å². The first-order valence-electron chi connectivity index (χ1n) is 6.48. The third-order valence-electron chi connectivity index (χ3n) is 2.88. The highest BCUT2D eigenvalue weighted by molar-refractivity contribution is 5.23. The predicted molar refractivity (Wildman–Crippen MR) is 70.7 cm³/mol. The molecule has 0 aliphatic heterocycles. The summed E-state index contributed by atoms with van der Waals surface area (Å²) in [7, 11) is 4.06. The van der Waals surface area contributed by atoms with Gasteiger partial charge in [0.25, 0.3) is 0 Å². The van der Waals surface area contributed by atoms with E-state index in [9.17, 15) is 0 Å². The largest absolute Gasteiger partial charge is 0.476 e. The molecule has 0 aromatic carbocycles. The Kier molecular flexibility index (Phi) is 4.49. The third-order valence-corrected chi connectivity index (χ3v) is 2.88. The second-order valence-electron chi connectivity index (χ2n) is 5.05. The van der Waals surface area contributed by atoms with Crippen molar-refractivity contribution in [3.63, 3.8) is 0 Å². The number of aromatic nitrogens is 2. The summed E-state index contributed by atoms with van der Waals surface area (Å²) >= 11 is 0. The zero-order chi connectivity index (χ0) is 13.0. The second-order valence-corrected chi connectivity index (χ2v) is 5.05. The fourth-order valence-electron chi connectivity index (χ4n) is 1.59. The summed E-state index contributed by atoms with van der Waals surface area (Å²) in [5.74, 6) is 1.47. The van der Waals surface area contributed by atoms with Gasteiger partial charge in [0, 0.05) is 30.9 Å². The van der Waals surface area contributed by atoms with Crippen molar-refractivity contribution in [3.05, 3.63) is 17.6 Å². The lowest BCUT2D eigenvalue weighted by Crippen LogP contribution is -2.21. The van der Waals surface area contributed by atoms with Gasteiger partial charge in [-0.15, -0.1) is 0 Å². The lowest BCUT2D eigenvalue weighted by molar-refractivity contribution is 0.250. The molecule has 1 aliphatic rings. The summed E-state index contributed by atoms with van der Waals surface area (Å²) in [6.45, 7) is 4.22. The summed E-state index contributed by atoms with van der Waals surface area (Å²) in [6.07, 6.45) is 4.43. The molecule has 0 radical (unpaired) electrons. The van der Waals surface area contributed by atoms with Crippen molar-refractivity contribution in [1.29, 1.82) is 0 Å². The predicted octanol–water partition coefficient (Wildman–Crippen LogP) is 0.977. The molecule has 18 heavy (non-hydrogen) atoms. The smallest absolute Gasteiger partial charge is 0.221 e. The Hall–Kier alpha value is -1.20. The molecule has 2 rings (SSSR count). The van der Waals surface area contributed by atoms with Gasteiger partial charge in [-0.05, 0) is 33.9 Å². The number of nitrogens with zero attached hydrogens (tertiary/aromatic N) is 3. The van der Waals surface area contributed by atoms with E-state index in [1.807, 2.05) is 27.2 Å². The van der Waals surface area contributed by atoms with Gasteiger partial charge in [-0.3, -0.25) is 0 Å². The van der Waals surface area contributed by atoms with E-state index in [1.165, 1.54) is 12.8 Å². The number of likely N-dealkylation sites (N-methyl/N-ethyl adjacent to an activating group) is 1. The van der Waals surface area contributed by atoms with E-state index in [-0.39, 0.29) is 0 Å². The lowest BCUT2D eigenvalue weighted by Gasteiger charge is -2.13. The van der Waals surface area contributed by atoms with Crippen molar-refractivity contribution in [2.45, 2.75) is 32.4 Å². The highest BCUT2D eigenvalue weighted by atomic mass is 16.5. The SMILES string of the molecule is Cc1ncc(CNC2CC2)c(OCCN(C)C)n1. The van der Waals surface area contributed by atoms with Crippen LogP contribution in [0.5, 0.6) is 5.88 Å². The van der Waals surface area contributed by atoms with Crippen LogP contribution in [0.1, 0.15) is 24.2 Å². The Bertz CT molecular complexity index is 391. The molecule has 0 atom stereocenters. The molecule has 0 unspecified atom stereocenters. The molecular formula is C13H22N4O. The van der Waals surface area contributed by atoms with E-state index in [4.69, 9.17) is 4.74 Å². The van der Waals surface area contributed by atoms with Crippen LogP contribution >= 0.6 is 0 Å². The number of nitrogens with one attached hydrogen (secondary N) is 1. The third kappa shape index (κ3) is 4.23. The molecule has 0 saturated heterocycles. The van der Waals surface area contributed by atoms with Crippen molar-refractivity contribution < 1.29 is 4.74 Å². The Labute approximate surface area is 109 Å². The molecule has 0 amide bonds. The summed E-state index contributed by atoms with van der Waals surface area (Å²) in [5, 5.41) is 3.46. The van der Waals surface area contributed by atoms with Crippen molar-refractivity contribution in [2.24, 2.45) is 0 Å². The van der Waals surface area contributed by atoms with E-state index in [1.54, 1.807) is 0 Å². The minimum atomic E-state index is 0.653. The van der Waals surface area contributed by atoms with Crippen LogP contribution in [0, 0.1) is 6.92 Å². The molecule has 0 bridgehead atoms. The standard InChI is InChI=1S/C13H22N4O/c1-10-14-8-11(9-15-12-4-5-12)13(16-10)18-7-6-17(2)3/h8,12,15H,4-7,9H2,1-3H3. The first kappa shape index (κ1) is 13.2. The van der Waals surface area contributed by atoms with Crippen molar-refractivity contribution in [3.8, 4) is 5.88 Å². The maximum Gasteiger partial charge on any atom is 0.221 e. The van der Waals surface area contributed by atoms with Crippen LogP contribution in [-0.4, -0.2) is 48.2 Å². The van der Waals surface area contributed by atoms with Crippen molar-refractivity contribution in [2.75, 3.05) is 27.2 Å². The Morgan fingerprint density at radius 1 is 1.44 bits per heavy atom. The normalized spacial score (nSPS) is 15.1. The van der Waals surface area contributed by atoms with Gasteiger partial charge in [-0.2, -0.15) is 4.98 Å². The summed E-state index contributed by atoms with van der Waals surface area (Å²) in [6, 6.07) is 0.681. The molecular weight excluding hydrogens is 228 g/mol. The quantitative estimate of drug-likeness (QED) is 0.781. The average molecular weight is 250 g/mol. The second kappa shape index (κ2) is 6.11. The number of ether oxygens (including phenoxy) is 1. The van der Waals surface area contributed by atoms with E-state index < -0.39 is 0 Å². The van der Waals surface area contributed by atoms with Crippen LogP contribution < -0.4 is 10.1 Å². The van der Waals surface area contributed by atoms with Gasteiger partial charge in [0.1, 0.15) is 12.4 Å². The molecule has 1 fully saturated rings. The Morgan fingerprint density at radius 2 is 2.22 bits per heavy atom. The van der Waals surface area contributed by atoms with Crippen LogP contribution in [0.25, 0.3) is 0 Å². The minimum absolute atomic E-state index is 0.653. The molecule has 0 spiro atoms. The van der Waals surface area contributed by atoms with E-state index in [0.717, 1.165) is 30.4 Å². The summed E-state index contributed by atoms with van der Waals surface area (Å²) in [4.78, 5) is 10.7. The number of hydrogen-bond donors (Lipinski definition) is 1. The molecule has 5 heteroatoms. The lowest BCUT2D eigenvalue weighted by atomic mass is 10.3. The van der Waals surface area contributed by atoms with Gasteiger partial charge >= 0.3 is 0 Å². The average Bonchev–Trinajstić information content (AvgIpc) is 3.11. The molecule has 1 saturated carbocycles. The van der Waals surface area contributed by atoms with Gasteiger partial charge in [0.15, 0.2) is 0 Å². The van der Waals surface area contributed by atoms with Gasteiger partial charge in [0.2, 0.25) is 5.88 Å². The fourth-order valence-corrected chi connectivity index (χ4v) is 1.59. The monoisotopic (exact) mass is 250 g/mol. The van der Waals surface area contributed by atoms with Crippen molar-refractivity contribution >= 4 is 0 Å². The maximum atomic E-state index is 5.75. The molecule has 5 nitrogen and oxygen atoms in total. The molecule has 1 aromatic rings. The van der Waals surface area contributed by atoms with Gasteiger partial charge in [-0.1, -0.05) is 0 Å². The fraction of sp³-hybridized carbons (Fsp3) is 0.692. The first-order chi connectivity index (χ1) is 8.65. The molecule has 1 aromatic heterocycles. The number of hydrogen-bond acceptors (Lipinski definition) is 5. The topological polar surface area (TPSA) is 50.3 Å². The van der Waals surface area contributed by atoms with E-state index >= 15 is 0 Å². The van der Waals surface area contributed by atoms with Gasteiger partial charge in [-0.25, -0.2) is 4.98 Å². The number of aryl methyl sites for hydroxylation is 1. The van der Waals surface area contributed by atoms with Crippen LogP contribution in [0.3, 0.4) is 0 Å². The zero-order valence-electron chi connectivity index (χ0n) is 11.4. The minimum Gasteiger partial charge on any atom is -0.476 e. The zero-order valence-corrected chi connectivity index (χ0v) is 11.4. The van der Waals surface area contributed by atoms with Gasteiger partial charge < -0.3 is 15.0 Å². The van der Waals surface area contributed by atoms with E-state index in [2.05, 4.69) is 20.2 Å². The van der Waals surface area contributed by atoms with Crippen molar-refractivity contribution in [1.82, 2.24) is 20.2 Å². The van der Waals surface area contributed by atoms with Crippen LogP contribution in [0.4, 0.5) is 0 Å². The molecule has 1 aliphatic carbocycles. The number of rotatable bonds is 7.